The van der Waals surface area contributed by atoms with Crippen LogP contribution in [0.15, 0.2) is 78.8 Å². The zero-order valence-corrected chi connectivity index (χ0v) is 23.2. The van der Waals surface area contributed by atoms with E-state index in [9.17, 15) is 0 Å². The molecular weight excluding hydrogens is 444 g/mol. The molecule has 4 nitrogen and oxygen atoms in total. The van der Waals surface area contributed by atoms with E-state index < -0.39 is 0 Å². The number of nitrogens with zero attached hydrogens (tertiary/aromatic N) is 2. The highest BCUT2D eigenvalue weighted by atomic mass is 16.7. The van der Waals surface area contributed by atoms with Crippen molar-refractivity contribution in [3.8, 4) is 22.5 Å². The number of hydrogen-bond donors (Lipinski definition) is 0. The highest BCUT2D eigenvalue weighted by Gasteiger charge is 2.48. The number of benzene rings is 2. The fraction of sp³-hybridized carbons (Fsp3) is 0.438. The summed E-state index contributed by atoms with van der Waals surface area (Å²) in [5.74, 6) is 0.909. The van der Waals surface area contributed by atoms with Crippen molar-refractivity contribution in [3.63, 3.8) is 0 Å². The van der Waals surface area contributed by atoms with Gasteiger partial charge in [0.2, 0.25) is 6.29 Å². The van der Waals surface area contributed by atoms with Crippen LogP contribution < -0.4 is 0 Å². The molecule has 0 aliphatic carbocycles. The van der Waals surface area contributed by atoms with Gasteiger partial charge >= 0.3 is 0 Å². The third kappa shape index (κ3) is 5.87. The van der Waals surface area contributed by atoms with Gasteiger partial charge in [0.15, 0.2) is 0 Å². The minimum Gasteiger partial charge on any atom is -0.469 e. The average Bonchev–Trinajstić information content (AvgIpc) is 2.88. The van der Waals surface area contributed by atoms with Crippen molar-refractivity contribution in [2.24, 2.45) is 5.41 Å². The second-order valence-corrected chi connectivity index (χ2v) is 10.6. The van der Waals surface area contributed by atoms with Gasteiger partial charge in [-0.1, -0.05) is 109 Å². The monoisotopic (exact) mass is 486 g/mol. The molecule has 0 saturated heterocycles. The van der Waals surface area contributed by atoms with Gasteiger partial charge in [-0.15, -0.1) is 0 Å². The fourth-order valence-electron chi connectivity index (χ4n) is 4.34. The van der Waals surface area contributed by atoms with Crippen molar-refractivity contribution in [1.29, 1.82) is 0 Å². The minimum atomic E-state index is -0.360. The van der Waals surface area contributed by atoms with Crippen molar-refractivity contribution in [3.05, 3.63) is 84.4 Å². The van der Waals surface area contributed by atoms with Crippen LogP contribution in [0.1, 0.15) is 73.8 Å². The number of aromatic nitrogens is 2. The Bertz CT molecular complexity index is 1150. The summed E-state index contributed by atoms with van der Waals surface area (Å²) in [6, 6.07) is 18.7. The number of allylic oxidation sites excluding steroid dienone is 1. The molecule has 1 unspecified atom stereocenters. The first kappa shape index (κ1) is 27.6. The Kier molecular flexibility index (Phi) is 9.08. The quantitative estimate of drug-likeness (QED) is 0.350. The maximum Gasteiger partial charge on any atom is 0.205 e. The smallest absolute Gasteiger partial charge is 0.205 e. The SMILES string of the molecule is CC1=CC(C)O[C@H](C(C)(C)C(C)(C)c2ccccc2-c2nccnc2-c2ccccc2)O1.CCCC. The summed E-state index contributed by atoms with van der Waals surface area (Å²) in [7, 11) is 0. The van der Waals surface area contributed by atoms with E-state index in [0.717, 1.165) is 28.3 Å². The van der Waals surface area contributed by atoms with Crippen LogP contribution in [0.2, 0.25) is 0 Å². The molecule has 1 aliphatic rings. The molecule has 0 fully saturated rings. The van der Waals surface area contributed by atoms with Gasteiger partial charge in [0, 0.05) is 34.4 Å². The lowest BCUT2D eigenvalue weighted by Crippen LogP contribution is -2.49. The van der Waals surface area contributed by atoms with Crippen molar-refractivity contribution >= 4 is 0 Å². The summed E-state index contributed by atoms with van der Waals surface area (Å²) in [5, 5.41) is 0. The third-order valence-electron chi connectivity index (χ3n) is 7.40. The lowest BCUT2D eigenvalue weighted by Gasteiger charge is -2.48. The molecular formula is C32H42N2O2. The maximum atomic E-state index is 6.24. The van der Waals surface area contributed by atoms with Crippen LogP contribution in [0.4, 0.5) is 0 Å². The van der Waals surface area contributed by atoms with E-state index in [1.54, 1.807) is 12.4 Å². The molecule has 0 bridgehead atoms. The lowest BCUT2D eigenvalue weighted by atomic mass is 9.62. The highest BCUT2D eigenvalue weighted by molar-refractivity contribution is 5.80. The van der Waals surface area contributed by atoms with Crippen LogP contribution in [0.5, 0.6) is 0 Å². The summed E-state index contributed by atoms with van der Waals surface area (Å²) in [6.45, 7) is 17.4. The highest BCUT2D eigenvalue weighted by Crippen LogP contribution is 2.49. The first-order valence-corrected chi connectivity index (χ1v) is 13.1. The van der Waals surface area contributed by atoms with Gasteiger partial charge in [0.05, 0.1) is 23.3 Å². The van der Waals surface area contributed by atoms with Crippen LogP contribution in [0.25, 0.3) is 22.5 Å². The predicted octanol–water partition coefficient (Wildman–Crippen LogP) is 8.59. The summed E-state index contributed by atoms with van der Waals surface area (Å²) >= 11 is 0. The number of hydrogen-bond acceptors (Lipinski definition) is 4. The first-order valence-electron chi connectivity index (χ1n) is 13.1. The molecule has 0 amide bonds. The normalized spacial score (nSPS) is 17.9. The van der Waals surface area contributed by atoms with Crippen LogP contribution in [-0.2, 0) is 14.9 Å². The molecule has 1 aromatic heterocycles. The zero-order chi connectivity index (χ0) is 26.3. The van der Waals surface area contributed by atoms with Crippen LogP contribution in [0, 0.1) is 5.41 Å². The van der Waals surface area contributed by atoms with Gasteiger partial charge in [-0.05, 0) is 25.5 Å². The summed E-state index contributed by atoms with van der Waals surface area (Å²) < 4.78 is 12.4. The second-order valence-electron chi connectivity index (χ2n) is 10.6. The molecule has 2 heterocycles. The topological polar surface area (TPSA) is 44.2 Å². The second kappa shape index (κ2) is 11.8. The van der Waals surface area contributed by atoms with E-state index in [-0.39, 0.29) is 23.2 Å². The molecule has 1 aliphatic heterocycles. The van der Waals surface area contributed by atoms with Crippen LogP contribution in [-0.4, -0.2) is 22.4 Å². The molecule has 0 N–H and O–H groups in total. The van der Waals surface area contributed by atoms with Gasteiger partial charge in [-0.3, -0.25) is 9.97 Å². The number of rotatable bonds is 6. The number of unbranched alkanes of at least 4 members (excludes halogenated alkanes) is 1. The Morgan fingerprint density at radius 2 is 1.39 bits per heavy atom. The average molecular weight is 487 g/mol. The maximum absolute atomic E-state index is 6.24. The zero-order valence-electron chi connectivity index (χ0n) is 23.2. The molecule has 2 atom stereocenters. The summed E-state index contributed by atoms with van der Waals surface area (Å²) in [6.07, 6.45) is 7.83. The lowest BCUT2D eigenvalue weighted by molar-refractivity contribution is -0.219. The summed E-state index contributed by atoms with van der Waals surface area (Å²) in [4.78, 5) is 9.49. The van der Waals surface area contributed by atoms with Crippen molar-refractivity contribution in [2.45, 2.75) is 86.0 Å². The van der Waals surface area contributed by atoms with Crippen molar-refractivity contribution in [1.82, 2.24) is 9.97 Å². The molecule has 36 heavy (non-hydrogen) atoms. The van der Waals surface area contributed by atoms with Gasteiger partial charge < -0.3 is 9.47 Å². The Hall–Kier alpha value is -2.98. The molecule has 3 aromatic rings. The van der Waals surface area contributed by atoms with E-state index in [1.807, 2.05) is 31.2 Å². The van der Waals surface area contributed by atoms with Gasteiger partial charge in [0.25, 0.3) is 0 Å². The predicted molar refractivity (Wildman–Crippen MR) is 149 cm³/mol. The van der Waals surface area contributed by atoms with Gasteiger partial charge in [-0.2, -0.15) is 0 Å². The molecule has 2 aromatic carbocycles. The third-order valence-corrected chi connectivity index (χ3v) is 7.40. The Morgan fingerprint density at radius 3 is 2.00 bits per heavy atom. The molecule has 4 rings (SSSR count). The van der Waals surface area contributed by atoms with E-state index >= 15 is 0 Å². The van der Waals surface area contributed by atoms with Crippen LogP contribution >= 0.6 is 0 Å². The Balaban J connectivity index is 0.000000840. The van der Waals surface area contributed by atoms with Gasteiger partial charge in [-0.25, -0.2) is 0 Å². The number of ether oxygens (including phenoxy) is 2. The van der Waals surface area contributed by atoms with Crippen LogP contribution in [0.3, 0.4) is 0 Å². The minimum absolute atomic E-state index is 0.0174. The van der Waals surface area contributed by atoms with E-state index in [0.29, 0.717) is 0 Å². The van der Waals surface area contributed by atoms with E-state index in [1.165, 1.54) is 18.4 Å². The molecule has 0 saturated carbocycles. The fourth-order valence-corrected chi connectivity index (χ4v) is 4.34. The first-order chi connectivity index (χ1) is 17.1. The Morgan fingerprint density at radius 1 is 0.806 bits per heavy atom. The molecule has 192 valence electrons. The largest absolute Gasteiger partial charge is 0.469 e. The molecule has 0 spiro atoms. The van der Waals surface area contributed by atoms with E-state index in [2.05, 4.69) is 84.9 Å². The Labute approximate surface area is 217 Å². The molecule has 4 heteroatoms. The van der Waals surface area contributed by atoms with E-state index in [4.69, 9.17) is 19.4 Å². The molecule has 0 radical (unpaired) electrons. The van der Waals surface area contributed by atoms with Gasteiger partial charge in [0.1, 0.15) is 0 Å². The standard InChI is InChI=1S/C28H32N2O2.C4H10/c1-19-18-20(2)32-26(31-19)28(5,6)27(3,4)23-15-11-10-14-22(23)25-24(29-16-17-30-25)21-12-8-7-9-13-21;1-3-4-2/h7-19,26H,1-6H3;3-4H2,1-2H3/t19?,26-;/m0./s1. The summed E-state index contributed by atoms with van der Waals surface area (Å²) in [5.41, 5.74) is 4.46. The van der Waals surface area contributed by atoms with Crippen molar-refractivity contribution < 1.29 is 9.47 Å². The van der Waals surface area contributed by atoms with Crippen molar-refractivity contribution in [2.75, 3.05) is 0 Å².